The number of rotatable bonds is 1. The van der Waals surface area contributed by atoms with E-state index in [-0.39, 0.29) is 16.9 Å². The minimum Gasteiger partial charge on any atom is -0.508 e. The SMILES string of the molecule is CC(C)(C)c1ccc(O)cc1.O=[N+]([O-])c1ccc(O)cc1. The van der Waals surface area contributed by atoms with Crippen LogP contribution in [0.5, 0.6) is 11.5 Å². The van der Waals surface area contributed by atoms with Gasteiger partial charge in [0.25, 0.3) is 5.69 Å². The molecule has 0 bridgehead atoms. The Kier molecular flexibility index (Phi) is 5.30. The minimum atomic E-state index is -0.514. The van der Waals surface area contributed by atoms with Crippen molar-refractivity contribution >= 4 is 5.69 Å². The molecule has 0 saturated carbocycles. The number of hydrogen-bond donors (Lipinski definition) is 2. The standard InChI is InChI=1S/C10H14O.C6H5NO3/c1-10(2,3)8-4-6-9(11)7-5-8;8-6-3-1-5(2-4-6)7(9)10/h4-7,11H,1-3H3;1-4,8H. The summed E-state index contributed by atoms with van der Waals surface area (Å²) in [5.74, 6) is 0.364. The van der Waals surface area contributed by atoms with Gasteiger partial charge in [-0.15, -0.1) is 0 Å². The normalized spacial score (nSPS) is 10.4. The second-order valence-electron chi connectivity index (χ2n) is 5.57. The van der Waals surface area contributed by atoms with Crippen molar-refractivity contribution < 1.29 is 15.1 Å². The zero-order valence-corrected chi connectivity index (χ0v) is 12.3. The van der Waals surface area contributed by atoms with Gasteiger partial charge in [-0.2, -0.15) is 0 Å². The predicted molar refractivity (Wildman–Crippen MR) is 81.6 cm³/mol. The summed E-state index contributed by atoms with van der Waals surface area (Å²) in [6, 6.07) is 12.4. The van der Waals surface area contributed by atoms with Crippen molar-refractivity contribution in [2.24, 2.45) is 0 Å². The van der Waals surface area contributed by atoms with Gasteiger partial charge < -0.3 is 10.2 Å². The number of aromatic hydroxyl groups is 2. The van der Waals surface area contributed by atoms with Crippen LogP contribution >= 0.6 is 0 Å². The molecule has 2 aromatic carbocycles. The van der Waals surface area contributed by atoms with E-state index >= 15 is 0 Å². The molecule has 2 N–H and O–H groups in total. The van der Waals surface area contributed by atoms with Crippen molar-refractivity contribution in [3.63, 3.8) is 0 Å². The molecular weight excluding hydrogens is 270 g/mol. The van der Waals surface area contributed by atoms with Crippen LogP contribution in [0.15, 0.2) is 48.5 Å². The van der Waals surface area contributed by atoms with Crippen LogP contribution < -0.4 is 0 Å². The Morgan fingerprint density at radius 3 is 1.57 bits per heavy atom. The summed E-state index contributed by atoms with van der Waals surface area (Å²) >= 11 is 0. The molecule has 0 atom stereocenters. The van der Waals surface area contributed by atoms with E-state index in [4.69, 9.17) is 10.2 Å². The fourth-order valence-corrected chi connectivity index (χ4v) is 1.54. The number of phenolic OH excluding ortho intramolecular Hbond substituents is 2. The maximum Gasteiger partial charge on any atom is 0.269 e. The summed E-state index contributed by atoms with van der Waals surface area (Å²) in [7, 11) is 0. The van der Waals surface area contributed by atoms with Gasteiger partial charge in [-0.1, -0.05) is 32.9 Å². The molecule has 0 spiro atoms. The molecule has 21 heavy (non-hydrogen) atoms. The smallest absolute Gasteiger partial charge is 0.269 e. The first-order chi connectivity index (χ1) is 9.70. The van der Waals surface area contributed by atoms with Crippen molar-refractivity contribution in [3.05, 3.63) is 64.2 Å². The maximum absolute atomic E-state index is 10.0. The highest BCUT2D eigenvalue weighted by Crippen LogP contribution is 2.23. The molecule has 5 nitrogen and oxygen atoms in total. The van der Waals surface area contributed by atoms with Crippen LogP contribution in [-0.4, -0.2) is 15.1 Å². The van der Waals surface area contributed by atoms with Gasteiger partial charge in [0, 0.05) is 12.1 Å². The van der Waals surface area contributed by atoms with Gasteiger partial charge in [0.1, 0.15) is 11.5 Å². The summed E-state index contributed by atoms with van der Waals surface area (Å²) < 4.78 is 0. The predicted octanol–water partition coefficient (Wildman–Crippen LogP) is 3.99. The number of nitrogens with zero attached hydrogens (tertiary/aromatic N) is 1. The van der Waals surface area contributed by atoms with Crippen LogP contribution in [0.3, 0.4) is 0 Å². The van der Waals surface area contributed by atoms with Gasteiger partial charge in [0.15, 0.2) is 0 Å². The van der Waals surface area contributed by atoms with Crippen molar-refractivity contribution in [3.8, 4) is 11.5 Å². The van der Waals surface area contributed by atoms with Crippen molar-refractivity contribution in [1.29, 1.82) is 0 Å². The molecule has 0 fully saturated rings. The molecule has 0 amide bonds. The summed E-state index contributed by atoms with van der Waals surface area (Å²) in [4.78, 5) is 9.52. The lowest BCUT2D eigenvalue weighted by molar-refractivity contribution is -0.384. The van der Waals surface area contributed by atoms with Crippen LogP contribution in [0.1, 0.15) is 26.3 Å². The Labute approximate surface area is 123 Å². The zero-order chi connectivity index (χ0) is 16.0. The minimum absolute atomic E-state index is 0.0159. The lowest BCUT2D eigenvalue weighted by atomic mass is 9.87. The first-order valence-corrected chi connectivity index (χ1v) is 6.43. The Balaban J connectivity index is 0.000000211. The average molecular weight is 289 g/mol. The van der Waals surface area contributed by atoms with Crippen LogP contribution in [0.2, 0.25) is 0 Å². The Hall–Kier alpha value is -2.56. The van der Waals surface area contributed by atoms with Gasteiger partial charge in [0.2, 0.25) is 0 Å². The Morgan fingerprint density at radius 1 is 0.857 bits per heavy atom. The average Bonchev–Trinajstić information content (AvgIpc) is 2.39. The van der Waals surface area contributed by atoms with Gasteiger partial charge in [-0.05, 0) is 35.2 Å². The van der Waals surface area contributed by atoms with Crippen LogP contribution in [-0.2, 0) is 5.41 Å². The van der Waals surface area contributed by atoms with Gasteiger partial charge in [0.05, 0.1) is 4.92 Å². The van der Waals surface area contributed by atoms with E-state index in [1.165, 1.54) is 29.8 Å². The van der Waals surface area contributed by atoms with Crippen LogP contribution in [0.25, 0.3) is 0 Å². The van der Waals surface area contributed by atoms with Crippen molar-refractivity contribution in [2.75, 3.05) is 0 Å². The molecule has 0 unspecified atom stereocenters. The summed E-state index contributed by atoms with van der Waals surface area (Å²) in [6.07, 6.45) is 0. The molecule has 5 heteroatoms. The number of nitro groups is 1. The highest BCUT2D eigenvalue weighted by molar-refractivity contribution is 5.35. The van der Waals surface area contributed by atoms with Gasteiger partial charge >= 0.3 is 0 Å². The molecule has 0 aliphatic carbocycles. The lowest BCUT2D eigenvalue weighted by Gasteiger charge is -2.18. The molecule has 0 radical (unpaired) electrons. The van der Waals surface area contributed by atoms with E-state index in [9.17, 15) is 10.1 Å². The molecule has 0 aromatic heterocycles. The fraction of sp³-hybridized carbons (Fsp3) is 0.250. The Morgan fingerprint density at radius 2 is 1.24 bits per heavy atom. The number of hydrogen-bond acceptors (Lipinski definition) is 4. The van der Waals surface area contributed by atoms with Crippen molar-refractivity contribution in [2.45, 2.75) is 26.2 Å². The highest BCUT2D eigenvalue weighted by atomic mass is 16.6. The zero-order valence-electron chi connectivity index (χ0n) is 12.3. The van der Waals surface area contributed by atoms with Gasteiger partial charge in [-0.3, -0.25) is 10.1 Å². The molecule has 2 aromatic rings. The summed E-state index contributed by atoms with van der Waals surface area (Å²) in [5.41, 5.74) is 1.40. The maximum atomic E-state index is 10.0. The third-order valence-electron chi connectivity index (χ3n) is 2.79. The topological polar surface area (TPSA) is 83.6 Å². The third kappa shape index (κ3) is 5.52. The molecule has 0 saturated heterocycles. The number of non-ortho nitro benzene ring substituents is 1. The first kappa shape index (κ1) is 16.5. The van der Waals surface area contributed by atoms with E-state index < -0.39 is 4.92 Å². The van der Waals surface area contributed by atoms with Crippen LogP contribution in [0.4, 0.5) is 5.69 Å². The monoisotopic (exact) mass is 289 g/mol. The molecule has 0 aliphatic heterocycles. The largest absolute Gasteiger partial charge is 0.508 e. The second-order valence-corrected chi connectivity index (χ2v) is 5.57. The van der Waals surface area contributed by atoms with E-state index in [0.29, 0.717) is 5.75 Å². The summed E-state index contributed by atoms with van der Waals surface area (Å²) in [6.45, 7) is 6.46. The van der Waals surface area contributed by atoms with Crippen LogP contribution in [0, 0.1) is 10.1 Å². The van der Waals surface area contributed by atoms with E-state index in [0.717, 1.165) is 0 Å². The fourth-order valence-electron chi connectivity index (χ4n) is 1.54. The van der Waals surface area contributed by atoms with Gasteiger partial charge in [-0.25, -0.2) is 0 Å². The molecular formula is C16H19NO4. The Bertz CT molecular complexity index is 583. The molecule has 0 aliphatic rings. The lowest BCUT2D eigenvalue weighted by Crippen LogP contribution is -2.10. The van der Waals surface area contributed by atoms with E-state index in [1.54, 1.807) is 12.1 Å². The van der Waals surface area contributed by atoms with Crippen molar-refractivity contribution in [1.82, 2.24) is 0 Å². The molecule has 112 valence electrons. The molecule has 2 rings (SSSR count). The van der Waals surface area contributed by atoms with E-state index in [2.05, 4.69) is 20.8 Å². The summed E-state index contributed by atoms with van der Waals surface area (Å²) in [5, 5.41) is 27.8. The quantitative estimate of drug-likeness (QED) is 0.614. The third-order valence-corrected chi connectivity index (χ3v) is 2.79. The number of nitro benzene ring substituents is 1. The highest BCUT2D eigenvalue weighted by Gasteiger charge is 2.12. The number of phenols is 2. The number of benzene rings is 2. The van der Waals surface area contributed by atoms with E-state index in [1.807, 2.05) is 12.1 Å². The first-order valence-electron chi connectivity index (χ1n) is 6.43. The molecule has 0 heterocycles. The second kappa shape index (κ2) is 6.74.